The van der Waals surface area contributed by atoms with E-state index in [-0.39, 0.29) is 5.91 Å². The molecule has 5 heteroatoms. The lowest BCUT2D eigenvalue weighted by Crippen LogP contribution is -2.23. The summed E-state index contributed by atoms with van der Waals surface area (Å²) in [4.78, 5) is 18.3. The van der Waals surface area contributed by atoms with Crippen molar-refractivity contribution in [2.75, 3.05) is 14.1 Å². The van der Waals surface area contributed by atoms with Gasteiger partial charge in [-0.3, -0.25) is 14.7 Å². The normalized spacial score (nSPS) is 19.0. The molecular weight excluding hydrogens is 284 g/mol. The van der Waals surface area contributed by atoms with Gasteiger partial charge in [0.2, 0.25) is 0 Å². The Hall–Kier alpha value is -2.27. The van der Waals surface area contributed by atoms with Crippen molar-refractivity contribution in [2.45, 2.75) is 0 Å². The van der Waals surface area contributed by atoms with E-state index >= 15 is 0 Å². The van der Waals surface area contributed by atoms with E-state index in [0.29, 0.717) is 15.8 Å². The van der Waals surface area contributed by atoms with Crippen LogP contribution in [0.4, 0.5) is 0 Å². The Balaban J connectivity index is 1.88. The average molecular weight is 298 g/mol. The van der Waals surface area contributed by atoms with Crippen molar-refractivity contribution in [2.24, 2.45) is 4.99 Å². The third kappa shape index (κ3) is 2.64. The highest BCUT2D eigenvalue weighted by Gasteiger charge is 2.29. The van der Waals surface area contributed by atoms with E-state index < -0.39 is 0 Å². The van der Waals surface area contributed by atoms with E-state index in [4.69, 9.17) is 4.42 Å². The Kier molecular flexibility index (Phi) is 3.66. The van der Waals surface area contributed by atoms with Gasteiger partial charge in [-0.2, -0.15) is 0 Å². The van der Waals surface area contributed by atoms with Gasteiger partial charge in [0, 0.05) is 25.7 Å². The molecule has 1 saturated heterocycles. The Morgan fingerprint density at radius 1 is 1.19 bits per heavy atom. The van der Waals surface area contributed by atoms with Crippen LogP contribution in [0.1, 0.15) is 5.76 Å². The first-order chi connectivity index (χ1) is 10.2. The molecule has 1 aliphatic rings. The molecule has 2 heterocycles. The molecule has 21 heavy (non-hydrogen) atoms. The van der Waals surface area contributed by atoms with Crippen molar-refractivity contribution in [1.29, 1.82) is 0 Å². The molecular formula is C16H14N2O2S. The molecule has 0 saturated carbocycles. The van der Waals surface area contributed by atoms with Crippen LogP contribution in [0.15, 0.2) is 56.8 Å². The van der Waals surface area contributed by atoms with E-state index in [2.05, 4.69) is 4.99 Å². The molecule has 0 unspecified atom stereocenters. The molecule has 4 nitrogen and oxygen atoms in total. The van der Waals surface area contributed by atoms with Crippen LogP contribution in [0.2, 0.25) is 0 Å². The monoisotopic (exact) mass is 298 g/mol. The highest BCUT2D eigenvalue weighted by atomic mass is 32.2. The highest BCUT2D eigenvalue weighted by Crippen LogP contribution is 2.32. The first-order valence-electron chi connectivity index (χ1n) is 6.48. The Labute approximate surface area is 127 Å². The molecule has 2 aromatic rings. The first kappa shape index (κ1) is 13.7. The van der Waals surface area contributed by atoms with Crippen LogP contribution in [-0.2, 0) is 4.79 Å². The number of likely N-dealkylation sites (N-methyl/N-ethyl adjacent to an activating group) is 1. The van der Waals surface area contributed by atoms with Crippen LogP contribution in [-0.4, -0.2) is 30.1 Å². The van der Waals surface area contributed by atoms with Crippen LogP contribution < -0.4 is 0 Å². The summed E-state index contributed by atoms with van der Waals surface area (Å²) in [6.45, 7) is 0. The summed E-state index contributed by atoms with van der Waals surface area (Å²) in [5, 5.41) is 0.695. The minimum atomic E-state index is -0.0572. The van der Waals surface area contributed by atoms with Crippen molar-refractivity contribution in [3.63, 3.8) is 0 Å². The number of hydrogen-bond acceptors (Lipinski definition) is 4. The van der Waals surface area contributed by atoms with Crippen LogP contribution in [0.25, 0.3) is 17.4 Å². The maximum absolute atomic E-state index is 12.1. The molecule has 0 N–H and O–H groups in total. The van der Waals surface area contributed by atoms with Crippen LogP contribution in [0.5, 0.6) is 0 Å². The van der Waals surface area contributed by atoms with Crippen molar-refractivity contribution in [3.8, 4) is 11.3 Å². The van der Waals surface area contributed by atoms with Crippen molar-refractivity contribution < 1.29 is 9.21 Å². The second-order valence-corrected chi connectivity index (χ2v) is 5.56. The number of benzene rings is 1. The Morgan fingerprint density at radius 3 is 2.62 bits per heavy atom. The molecule has 1 amide bonds. The number of aliphatic imine (C=N–C) groups is 1. The number of amidine groups is 1. The van der Waals surface area contributed by atoms with Crippen LogP contribution in [0.3, 0.4) is 0 Å². The number of amides is 1. The third-order valence-corrected chi connectivity index (χ3v) is 4.30. The van der Waals surface area contributed by atoms with Crippen molar-refractivity contribution >= 4 is 28.9 Å². The molecule has 0 bridgehead atoms. The molecule has 1 aromatic heterocycles. The number of rotatable bonds is 2. The van der Waals surface area contributed by atoms with Gasteiger partial charge in [0.05, 0.1) is 4.91 Å². The predicted molar refractivity (Wildman–Crippen MR) is 85.8 cm³/mol. The summed E-state index contributed by atoms with van der Waals surface area (Å²) < 4.78 is 5.78. The highest BCUT2D eigenvalue weighted by molar-refractivity contribution is 8.18. The summed E-state index contributed by atoms with van der Waals surface area (Å²) in [6.07, 6.45) is 1.76. The second-order valence-electron chi connectivity index (χ2n) is 4.55. The summed E-state index contributed by atoms with van der Waals surface area (Å²) in [7, 11) is 3.39. The maximum Gasteiger partial charge on any atom is 0.266 e. The maximum atomic E-state index is 12.1. The number of furan rings is 1. The van der Waals surface area contributed by atoms with Gasteiger partial charge >= 0.3 is 0 Å². The predicted octanol–water partition coefficient (Wildman–Crippen LogP) is 3.48. The largest absolute Gasteiger partial charge is 0.457 e. The summed E-state index contributed by atoms with van der Waals surface area (Å²) >= 11 is 1.35. The number of thioether (sulfide) groups is 1. The Morgan fingerprint density at radius 2 is 1.95 bits per heavy atom. The fraction of sp³-hybridized carbons (Fsp3) is 0.125. The van der Waals surface area contributed by atoms with Gasteiger partial charge in [0.1, 0.15) is 11.5 Å². The van der Waals surface area contributed by atoms with E-state index in [0.717, 1.165) is 11.3 Å². The van der Waals surface area contributed by atoms with E-state index in [9.17, 15) is 4.79 Å². The summed E-state index contributed by atoms with van der Waals surface area (Å²) in [5.74, 6) is 1.39. The van der Waals surface area contributed by atoms with Gasteiger partial charge in [0.15, 0.2) is 5.17 Å². The molecule has 106 valence electrons. The molecule has 1 fully saturated rings. The minimum absolute atomic E-state index is 0.0572. The molecule has 0 atom stereocenters. The first-order valence-corrected chi connectivity index (χ1v) is 7.30. The van der Waals surface area contributed by atoms with Crippen LogP contribution >= 0.6 is 11.8 Å². The lowest BCUT2D eigenvalue weighted by molar-refractivity contribution is -0.121. The zero-order chi connectivity index (χ0) is 14.8. The number of carbonyl (C=O) groups excluding carboxylic acids is 1. The molecule has 0 radical (unpaired) electrons. The smallest absolute Gasteiger partial charge is 0.266 e. The lowest BCUT2D eigenvalue weighted by Gasteiger charge is -2.04. The Bertz CT molecular complexity index is 732. The lowest BCUT2D eigenvalue weighted by atomic mass is 10.2. The van der Waals surface area contributed by atoms with Gasteiger partial charge in [-0.15, -0.1) is 0 Å². The van der Waals surface area contributed by atoms with Gasteiger partial charge < -0.3 is 4.42 Å². The molecule has 0 spiro atoms. The fourth-order valence-electron chi connectivity index (χ4n) is 2.07. The number of hydrogen-bond donors (Lipinski definition) is 0. The topological polar surface area (TPSA) is 45.8 Å². The quantitative estimate of drug-likeness (QED) is 0.797. The van der Waals surface area contributed by atoms with E-state index in [1.807, 2.05) is 42.5 Å². The zero-order valence-electron chi connectivity index (χ0n) is 11.7. The fourth-order valence-corrected chi connectivity index (χ4v) is 2.97. The van der Waals surface area contributed by atoms with E-state index in [1.54, 1.807) is 20.2 Å². The minimum Gasteiger partial charge on any atom is -0.457 e. The SMILES string of the molecule is CN=C1S/C(=C/c2ccc(-c3ccccc3)o2)C(=O)N1C. The molecule has 1 aliphatic heterocycles. The standard InChI is InChI=1S/C16H14N2O2S/c1-17-16-18(2)15(19)14(21-16)10-12-8-9-13(20-12)11-6-4-3-5-7-11/h3-10H,1-2H3/b14-10+,17-16?. The number of carbonyl (C=O) groups is 1. The van der Waals surface area contributed by atoms with Gasteiger partial charge in [-0.1, -0.05) is 30.3 Å². The van der Waals surface area contributed by atoms with E-state index in [1.165, 1.54) is 16.7 Å². The van der Waals surface area contributed by atoms with Gasteiger partial charge in [-0.25, -0.2) is 0 Å². The van der Waals surface area contributed by atoms with Crippen molar-refractivity contribution in [1.82, 2.24) is 4.90 Å². The molecule has 0 aliphatic carbocycles. The summed E-state index contributed by atoms with van der Waals surface area (Å²) in [6, 6.07) is 13.6. The average Bonchev–Trinajstić information content (AvgIpc) is 3.09. The number of nitrogens with zero attached hydrogens (tertiary/aromatic N) is 2. The van der Waals surface area contributed by atoms with Crippen LogP contribution in [0, 0.1) is 0 Å². The van der Waals surface area contributed by atoms with Gasteiger partial charge in [-0.05, 0) is 23.9 Å². The zero-order valence-corrected chi connectivity index (χ0v) is 12.6. The summed E-state index contributed by atoms with van der Waals surface area (Å²) in [5.41, 5.74) is 1.01. The van der Waals surface area contributed by atoms with Crippen molar-refractivity contribution in [3.05, 3.63) is 53.1 Å². The molecule has 1 aromatic carbocycles. The third-order valence-electron chi connectivity index (χ3n) is 3.15. The molecule has 3 rings (SSSR count). The van der Waals surface area contributed by atoms with Gasteiger partial charge in [0.25, 0.3) is 5.91 Å². The second kappa shape index (κ2) is 5.61.